The van der Waals surface area contributed by atoms with Crippen molar-refractivity contribution in [3.8, 4) is 0 Å². The molecule has 0 aromatic carbocycles. The third kappa shape index (κ3) is 3.05. The molecule has 2 rings (SSSR count). The molecular weight excluding hydrogens is 280 g/mol. The summed E-state index contributed by atoms with van der Waals surface area (Å²) in [5.41, 5.74) is 6.14. The molecule has 102 valence electrons. The zero-order valence-electron chi connectivity index (χ0n) is 10.8. The molecule has 5 nitrogen and oxygen atoms in total. The van der Waals surface area contributed by atoms with E-state index in [-0.39, 0.29) is 11.7 Å². The van der Waals surface area contributed by atoms with Crippen molar-refractivity contribution in [1.29, 1.82) is 0 Å². The van der Waals surface area contributed by atoms with Gasteiger partial charge in [-0.2, -0.15) is 4.37 Å². The second kappa shape index (κ2) is 6.03. The van der Waals surface area contributed by atoms with Crippen molar-refractivity contribution < 1.29 is 4.79 Å². The SMILES string of the molecule is CCc1ccc(CNc2snc(N)c2C(=O)NC)s1. The van der Waals surface area contributed by atoms with Crippen LogP contribution >= 0.6 is 22.9 Å². The molecule has 2 heterocycles. The standard InChI is InChI=1S/C12H16N4OS2/c1-3-7-4-5-8(18-7)6-15-12-9(11(17)14-2)10(13)16-19-12/h4-5,15H,3,6H2,1-2H3,(H2,13,16)(H,14,17). The quantitative estimate of drug-likeness (QED) is 0.791. The number of aryl methyl sites for hydroxylation is 1. The van der Waals surface area contributed by atoms with Gasteiger partial charge in [-0.3, -0.25) is 4.79 Å². The Morgan fingerprint density at radius 2 is 2.16 bits per heavy atom. The number of thiophene rings is 1. The van der Waals surface area contributed by atoms with E-state index >= 15 is 0 Å². The van der Waals surface area contributed by atoms with Gasteiger partial charge >= 0.3 is 0 Å². The summed E-state index contributed by atoms with van der Waals surface area (Å²) in [5, 5.41) is 6.51. The molecule has 2 aromatic rings. The average molecular weight is 296 g/mol. The molecule has 0 saturated carbocycles. The fourth-order valence-electron chi connectivity index (χ4n) is 1.64. The number of hydrogen-bond donors (Lipinski definition) is 3. The lowest BCUT2D eigenvalue weighted by Crippen LogP contribution is -2.19. The molecule has 2 aromatic heterocycles. The van der Waals surface area contributed by atoms with Gasteiger partial charge in [-0.25, -0.2) is 0 Å². The molecule has 0 bridgehead atoms. The number of carbonyl (C=O) groups is 1. The lowest BCUT2D eigenvalue weighted by molar-refractivity contribution is 0.0965. The summed E-state index contributed by atoms with van der Waals surface area (Å²) < 4.78 is 4.02. The van der Waals surface area contributed by atoms with Crippen LogP contribution < -0.4 is 16.4 Å². The number of nitrogen functional groups attached to an aromatic ring is 1. The van der Waals surface area contributed by atoms with E-state index in [1.807, 2.05) is 0 Å². The second-order valence-electron chi connectivity index (χ2n) is 3.93. The van der Waals surface area contributed by atoms with Crippen molar-refractivity contribution in [2.75, 3.05) is 18.1 Å². The van der Waals surface area contributed by atoms with Crippen molar-refractivity contribution in [3.63, 3.8) is 0 Å². The molecule has 0 aliphatic rings. The van der Waals surface area contributed by atoms with Gasteiger partial charge in [0.25, 0.3) is 5.91 Å². The summed E-state index contributed by atoms with van der Waals surface area (Å²) >= 11 is 2.98. The fraction of sp³-hybridized carbons (Fsp3) is 0.333. The number of amides is 1. The van der Waals surface area contributed by atoms with Gasteiger partial charge in [-0.15, -0.1) is 11.3 Å². The van der Waals surface area contributed by atoms with Crippen LogP contribution in [0.3, 0.4) is 0 Å². The molecule has 0 unspecified atom stereocenters. The van der Waals surface area contributed by atoms with E-state index in [1.54, 1.807) is 18.4 Å². The predicted molar refractivity (Wildman–Crippen MR) is 80.9 cm³/mol. The molecule has 0 aliphatic carbocycles. The summed E-state index contributed by atoms with van der Waals surface area (Å²) in [7, 11) is 1.58. The van der Waals surface area contributed by atoms with Crippen molar-refractivity contribution >= 4 is 39.6 Å². The monoisotopic (exact) mass is 296 g/mol. The third-order valence-corrected chi connectivity index (χ3v) is 4.71. The first-order chi connectivity index (χ1) is 9.15. The van der Waals surface area contributed by atoms with Crippen LogP contribution in [-0.2, 0) is 13.0 Å². The van der Waals surface area contributed by atoms with Crippen molar-refractivity contribution in [1.82, 2.24) is 9.69 Å². The van der Waals surface area contributed by atoms with Crippen LogP contribution in [0.25, 0.3) is 0 Å². The Bertz CT molecular complexity index is 576. The first-order valence-electron chi connectivity index (χ1n) is 5.94. The maximum absolute atomic E-state index is 11.7. The van der Waals surface area contributed by atoms with Crippen molar-refractivity contribution in [2.24, 2.45) is 0 Å². The Morgan fingerprint density at radius 3 is 2.79 bits per heavy atom. The Balaban J connectivity index is 2.09. The number of nitrogens with two attached hydrogens (primary N) is 1. The van der Waals surface area contributed by atoms with Crippen LogP contribution in [0, 0.1) is 0 Å². The number of anilines is 2. The van der Waals surface area contributed by atoms with Crippen LogP contribution in [0.2, 0.25) is 0 Å². The van der Waals surface area contributed by atoms with Crippen LogP contribution in [0.1, 0.15) is 27.0 Å². The molecular formula is C12H16N4OS2. The van der Waals surface area contributed by atoms with Gasteiger partial charge in [0.2, 0.25) is 0 Å². The minimum absolute atomic E-state index is 0.214. The van der Waals surface area contributed by atoms with E-state index in [0.29, 0.717) is 17.1 Å². The molecule has 0 atom stereocenters. The number of nitrogens with zero attached hydrogens (tertiary/aromatic N) is 1. The van der Waals surface area contributed by atoms with Gasteiger partial charge < -0.3 is 16.4 Å². The fourth-order valence-corrected chi connectivity index (χ4v) is 3.25. The Hall–Kier alpha value is -1.60. The second-order valence-corrected chi connectivity index (χ2v) is 5.95. The molecule has 0 saturated heterocycles. The van der Waals surface area contributed by atoms with Gasteiger partial charge in [-0.1, -0.05) is 6.92 Å². The highest BCUT2D eigenvalue weighted by Gasteiger charge is 2.17. The van der Waals surface area contributed by atoms with E-state index < -0.39 is 0 Å². The van der Waals surface area contributed by atoms with Gasteiger partial charge in [0, 0.05) is 16.8 Å². The zero-order chi connectivity index (χ0) is 13.8. The summed E-state index contributed by atoms with van der Waals surface area (Å²) in [6.45, 7) is 2.81. The first kappa shape index (κ1) is 13.8. The van der Waals surface area contributed by atoms with Gasteiger partial charge in [0.1, 0.15) is 10.6 Å². The predicted octanol–water partition coefficient (Wildman–Crippen LogP) is 2.32. The molecule has 0 spiro atoms. The van der Waals surface area contributed by atoms with E-state index in [1.165, 1.54) is 21.3 Å². The molecule has 0 radical (unpaired) electrons. The lowest BCUT2D eigenvalue weighted by atomic mass is 10.3. The lowest BCUT2D eigenvalue weighted by Gasteiger charge is -2.04. The third-order valence-electron chi connectivity index (χ3n) is 2.66. The van der Waals surface area contributed by atoms with Crippen LogP contribution in [0.15, 0.2) is 12.1 Å². The number of aromatic nitrogens is 1. The van der Waals surface area contributed by atoms with Gasteiger partial charge in [-0.05, 0) is 30.1 Å². The zero-order valence-corrected chi connectivity index (χ0v) is 12.5. The maximum Gasteiger partial charge on any atom is 0.257 e. The van der Waals surface area contributed by atoms with Gasteiger partial charge in [0.05, 0.1) is 6.54 Å². The molecule has 19 heavy (non-hydrogen) atoms. The van der Waals surface area contributed by atoms with Crippen molar-refractivity contribution in [2.45, 2.75) is 19.9 Å². The normalized spacial score (nSPS) is 10.4. The minimum atomic E-state index is -0.214. The minimum Gasteiger partial charge on any atom is -0.382 e. The van der Waals surface area contributed by atoms with E-state index in [0.717, 1.165) is 6.42 Å². The number of carbonyl (C=O) groups excluding carboxylic acids is 1. The Labute approximate surface area is 120 Å². The highest BCUT2D eigenvalue weighted by atomic mass is 32.1. The average Bonchev–Trinajstić information content (AvgIpc) is 3.02. The highest BCUT2D eigenvalue weighted by Crippen LogP contribution is 2.28. The summed E-state index contributed by atoms with van der Waals surface area (Å²) in [5.74, 6) is 0.0569. The number of hydrogen-bond acceptors (Lipinski definition) is 6. The topological polar surface area (TPSA) is 80.0 Å². The number of nitrogens with one attached hydrogen (secondary N) is 2. The molecule has 0 aliphatic heterocycles. The Kier molecular flexibility index (Phi) is 4.39. The Morgan fingerprint density at radius 1 is 1.42 bits per heavy atom. The first-order valence-corrected chi connectivity index (χ1v) is 7.53. The smallest absolute Gasteiger partial charge is 0.257 e. The molecule has 0 fully saturated rings. The molecule has 1 amide bonds. The molecule has 4 N–H and O–H groups in total. The maximum atomic E-state index is 11.7. The van der Waals surface area contributed by atoms with Gasteiger partial charge in [0.15, 0.2) is 5.82 Å². The van der Waals surface area contributed by atoms with Crippen LogP contribution in [0.5, 0.6) is 0 Å². The van der Waals surface area contributed by atoms with E-state index in [9.17, 15) is 4.79 Å². The summed E-state index contributed by atoms with van der Waals surface area (Å²) in [6.07, 6.45) is 1.04. The van der Waals surface area contributed by atoms with Crippen molar-refractivity contribution in [3.05, 3.63) is 27.5 Å². The largest absolute Gasteiger partial charge is 0.382 e. The highest BCUT2D eigenvalue weighted by molar-refractivity contribution is 7.12. The summed E-state index contributed by atoms with van der Waals surface area (Å²) in [6, 6.07) is 4.23. The van der Waals surface area contributed by atoms with E-state index in [4.69, 9.17) is 5.73 Å². The molecule has 7 heteroatoms. The van der Waals surface area contributed by atoms with Crippen LogP contribution in [0.4, 0.5) is 10.8 Å². The summed E-state index contributed by atoms with van der Waals surface area (Å²) in [4.78, 5) is 14.3. The van der Waals surface area contributed by atoms with E-state index in [2.05, 4.69) is 34.1 Å². The number of rotatable bonds is 5. The van der Waals surface area contributed by atoms with Crippen LogP contribution in [-0.4, -0.2) is 17.3 Å².